The second-order valence-corrected chi connectivity index (χ2v) is 6.36. The Bertz CT molecular complexity index is 868. The Kier molecular flexibility index (Phi) is 6.03. The van der Waals surface area contributed by atoms with Crippen LogP contribution in [0.2, 0.25) is 0 Å². The third kappa shape index (κ3) is 4.03. The molecule has 1 aliphatic rings. The van der Waals surface area contributed by atoms with E-state index in [1.165, 1.54) is 4.90 Å². The van der Waals surface area contributed by atoms with Gasteiger partial charge in [0.1, 0.15) is 23.8 Å². The summed E-state index contributed by atoms with van der Waals surface area (Å²) in [6, 6.07) is 12.6. The number of amides is 2. The molecule has 7 heteroatoms. The van der Waals surface area contributed by atoms with Gasteiger partial charge in [0.15, 0.2) is 6.10 Å². The highest BCUT2D eigenvalue weighted by atomic mass is 16.5. The lowest BCUT2D eigenvalue weighted by Crippen LogP contribution is -2.49. The van der Waals surface area contributed by atoms with Crippen molar-refractivity contribution in [2.75, 3.05) is 25.7 Å². The first-order chi connectivity index (χ1) is 13.6. The normalized spacial score (nSPS) is 15.5. The SMILES string of the molecule is CC[C@@H]1Oc2ccccc2N(CC(=O)NCc2cc(OC)ccc2OC)C1=O. The van der Waals surface area contributed by atoms with Gasteiger partial charge < -0.3 is 19.5 Å². The molecule has 1 heterocycles. The molecule has 2 aromatic rings. The largest absolute Gasteiger partial charge is 0.497 e. The molecule has 1 N–H and O–H groups in total. The molecule has 1 atom stereocenters. The van der Waals surface area contributed by atoms with Crippen LogP contribution in [0.5, 0.6) is 17.2 Å². The van der Waals surface area contributed by atoms with Crippen molar-refractivity contribution in [3.05, 3.63) is 48.0 Å². The molecule has 7 nitrogen and oxygen atoms in total. The summed E-state index contributed by atoms with van der Waals surface area (Å²) in [6.07, 6.45) is -0.0482. The number of methoxy groups -OCH3 is 2. The summed E-state index contributed by atoms with van der Waals surface area (Å²) in [5, 5.41) is 2.85. The van der Waals surface area contributed by atoms with Crippen molar-refractivity contribution in [1.29, 1.82) is 0 Å². The van der Waals surface area contributed by atoms with E-state index < -0.39 is 6.10 Å². The second kappa shape index (κ2) is 8.65. The van der Waals surface area contributed by atoms with Gasteiger partial charge in [-0.2, -0.15) is 0 Å². The molecule has 0 saturated heterocycles. The fourth-order valence-corrected chi connectivity index (χ4v) is 3.11. The predicted octanol–water partition coefficient (Wildman–Crippen LogP) is 2.52. The van der Waals surface area contributed by atoms with Crippen LogP contribution in [-0.2, 0) is 16.1 Å². The quantitative estimate of drug-likeness (QED) is 0.794. The van der Waals surface area contributed by atoms with Gasteiger partial charge in [-0.25, -0.2) is 0 Å². The number of hydrogen-bond acceptors (Lipinski definition) is 5. The zero-order chi connectivity index (χ0) is 20.1. The number of fused-ring (bicyclic) bond motifs is 1. The Morgan fingerprint density at radius 3 is 2.68 bits per heavy atom. The Labute approximate surface area is 164 Å². The first-order valence-electron chi connectivity index (χ1n) is 9.12. The van der Waals surface area contributed by atoms with E-state index in [1.807, 2.05) is 19.1 Å². The summed E-state index contributed by atoms with van der Waals surface area (Å²) in [4.78, 5) is 26.7. The van der Waals surface area contributed by atoms with Gasteiger partial charge in [-0.15, -0.1) is 0 Å². The highest BCUT2D eigenvalue weighted by molar-refractivity contribution is 6.03. The number of hydrogen-bond donors (Lipinski definition) is 1. The number of anilines is 1. The number of carbonyl (C=O) groups excluding carboxylic acids is 2. The molecule has 3 rings (SSSR count). The zero-order valence-electron chi connectivity index (χ0n) is 16.2. The maximum Gasteiger partial charge on any atom is 0.268 e. The van der Waals surface area contributed by atoms with Crippen molar-refractivity contribution >= 4 is 17.5 Å². The van der Waals surface area contributed by atoms with Crippen LogP contribution >= 0.6 is 0 Å². The third-order valence-electron chi connectivity index (χ3n) is 4.60. The highest BCUT2D eigenvalue weighted by Gasteiger charge is 2.34. The molecule has 2 amide bonds. The van der Waals surface area contributed by atoms with E-state index in [9.17, 15) is 9.59 Å². The van der Waals surface area contributed by atoms with E-state index in [4.69, 9.17) is 14.2 Å². The molecule has 0 aromatic heterocycles. The average Bonchev–Trinajstić information content (AvgIpc) is 2.73. The van der Waals surface area contributed by atoms with Crippen LogP contribution in [0.4, 0.5) is 5.69 Å². The lowest BCUT2D eigenvalue weighted by atomic mass is 10.1. The topological polar surface area (TPSA) is 77.1 Å². The number of rotatable bonds is 7. The van der Waals surface area contributed by atoms with Crippen molar-refractivity contribution in [2.24, 2.45) is 0 Å². The number of benzene rings is 2. The highest BCUT2D eigenvalue weighted by Crippen LogP contribution is 2.34. The van der Waals surface area contributed by atoms with Crippen molar-refractivity contribution < 1.29 is 23.8 Å². The van der Waals surface area contributed by atoms with E-state index >= 15 is 0 Å². The summed E-state index contributed by atoms with van der Waals surface area (Å²) in [7, 11) is 3.15. The van der Waals surface area contributed by atoms with Gasteiger partial charge in [-0.3, -0.25) is 14.5 Å². The number of nitrogens with zero attached hydrogens (tertiary/aromatic N) is 1. The van der Waals surface area contributed by atoms with Crippen LogP contribution in [-0.4, -0.2) is 38.7 Å². The second-order valence-electron chi connectivity index (χ2n) is 6.36. The fraction of sp³-hybridized carbons (Fsp3) is 0.333. The number of nitrogens with one attached hydrogen (secondary N) is 1. The van der Waals surface area contributed by atoms with E-state index in [-0.39, 0.29) is 24.9 Å². The van der Waals surface area contributed by atoms with Crippen LogP contribution in [0.3, 0.4) is 0 Å². The third-order valence-corrected chi connectivity index (χ3v) is 4.60. The monoisotopic (exact) mass is 384 g/mol. The van der Waals surface area contributed by atoms with Gasteiger partial charge in [-0.05, 0) is 36.8 Å². The van der Waals surface area contributed by atoms with Crippen LogP contribution in [0.1, 0.15) is 18.9 Å². The van der Waals surface area contributed by atoms with Crippen molar-refractivity contribution in [2.45, 2.75) is 26.0 Å². The van der Waals surface area contributed by atoms with Gasteiger partial charge in [0, 0.05) is 12.1 Å². The fourth-order valence-electron chi connectivity index (χ4n) is 3.11. The zero-order valence-corrected chi connectivity index (χ0v) is 16.2. The van der Waals surface area contributed by atoms with Crippen LogP contribution < -0.4 is 24.4 Å². The molecule has 2 aromatic carbocycles. The molecule has 0 bridgehead atoms. The average molecular weight is 384 g/mol. The van der Waals surface area contributed by atoms with E-state index in [0.29, 0.717) is 29.4 Å². The Hall–Kier alpha value is -3.22. The maximum absolute atomic E-state index is 12.7. The summed E-state index contributed by atoms with van der Waals surface area (Å²) < 4.78 is 16.3. The molecule has 0 spiro atoms. The summed E-state index contributed by atoms with van der Waals surface area (Å²) in [5.74, 6) is 1.45. The molecule has 0 unspecified atom stereocenters. The van der Waals surface area contributed by atoms with Crippen molar-refractivity contribution in [3.63, 3.8) is 0 Å². The Morgan fingerprint density at radius 2 is 1.96 bits per heavy atom. The van der Waals surface area contributed by atoms with Crippen molar-refractivity contribution in [3.8, 4) is 17.2 Å². The minimum absolute atomic E-state index is 0.0814. The minimum atomic E-state index is -0.582. The smallest absolute Gasteiger partial charge is 0.268 e. The maximum atomic E-state index is 12.7. The van der Waals surface area contributed by atoms with Crippen molar-refractivity contribution in [1.82, 2.24) is 5.32 Å². The van der Waals surface area contributed by atoms with E-state index in [1.54, 1.807) is 44.6 Å². The minimum Gasteiger partial charge on any atom is -0.497 e. The predicted molar refractivity (Wildman–Crippen MR) is 105 cm³/mol. The number of ether oxygens (including phenoxy) is 3. The van der Waals surface area contributed by atoms with E-state index in [2.05, 4.69) is 5.32 Å². The standard InChI is InChI=1S/C21H24N2O5/c1-4-17-21(25)23(16-7-5-6-8-19(16)28-17)13-20(24)22-12-14-11-15(26-2)9-10-18(14)27-3/h5-11,17H,4,12-13H2,1-3H3,(H,22,24)/t17-/m0/s1. The van der Waals surface area contributed by atoms with Gasteiger partial charge in [0.25, 0.3) is 5.91 Å². The van der Waals surface area contributed by atoms with Crippen LogP contribution in [0, 0.1) is 0 Å². The van der Waals surface area contributed by atoms with Gasteiger partial charge in [0.2, 0.25) is 5.91 Å². The lowest BCUT2D eigenvalue weighted by Gasteiger charge is -2.33. The molecule has 0 fully saturated rings. The molecular formula is C21H24N2O5. The summed E-state index contributed by atoms with van der Waals surface area (Å²) in [5.41, 5.74) is 1.39. The Balaban J connectivity index is 1.72. The Morgan fingerprint density at radius 1 is 1.18 bits per heavy atom. The van der Waals surface area contributed by atoms with Crippen LogP contribution in [0.15, 0.2) is 42.5 Å². The molecule has 1 aliphatic heterocycles. The molecule has 0 aliphatic carbocycles. The molecule has 28 heavy (non-hydrogen) atoms. The summed E-state index contributed by atoms with van der Waals surface area (Å²) in [6.45, 7) is 2.06. The lowest BCUT2D eigenvalue weighted by molar-refractivity contribution is -0.129. The summed E-state index contributed by atoms with van der Waals surface area (Å²) >= 11 is 0. The molecule has 0 saturated carbocycles. The number of carbonyl (C=O) groups is 2. The van der Waals surface area contributed by atoms with Gasteiger partial charge in [-0.1, -0.05) is 19.1 Å². The molecular weight excluding hydrogens is 360 g/mol. The molecule has 148 valence electrons. The first-order valence-corrected chi connectivity index (χ1v) is 9.12. The van der Waals surface area contributed by atoms with Crippen LogP contribution in [0.25, 0.3) is 0 Å². The van der Waals surface area contributed by atoms with Gasteiger partial charge >= 0.3 is 0 Å². The van der Waals surface area contributed by atoms with Gasteiger partial charge in [0.05, 0.1) is 19.9 Å². The number of para-hydroxylation sites is 2. The first kappa shape index (κ1) is 19.5. The molecule has 0 radical (unpaired) electrons. The van der Waals surface area contributed by atoms with E-state index in [0.717, 1.165) is 5.56 Å².